The van der Waals surface area contributed by atoms with Crippen LogP contribution in [0.4, 0.5) is 23.5 Å². The normalized spacial score (nSPS) is 14.5. The predicted octanol–water partition coefficient (Wildman–Crippen LogP) is 3.04. The highest BCUT2D eigenvalue weighted by Crippen LogP contribution is 2.25. The molecule has 8 nitrogen and oxygen atoms in total. The first-order valence-corrected chi connectivity index (χ1v) is 8.11. The summed E-state index contributed by atoms with van der Waals surface area (Å²) >= 11 is 0. The standard InChI is InChI=1S/C15H17F4N7O/c1-4-27-9(3)25-6-10(5-21-25)12-11(16)13-23-14(24-26(13)7-20-12)22-8(2)15(17,18)19/h5-9H,4H2,1-3H3,(H,22,24)/t8-,9?/m0/s1. The van der Waals surface area contributed by atoms with Gasteiger partial charge >= 0.3 is 6.18 Å². The van der Waals surface area contributed by atoms with Crippen molar-refractivity contribution >= 4 is 11.6 Å². The van der Waals surface area contributed by atoms with Gasteiger partial charge < -0.3 is 10.1 Å². The number of ether oxygens (including phenoxy) is 1. The smallest absolute Gasteiger partial charge is 0.357 e. The van der Waals surface area contributed by atoms with Crippen molar-refractivity contribution in [3.8, 4) is 11.3 Å². The third-order valence-electron chi connectivity index (χ3n) is 3.82. The molecule has 3 rings (SSSR count). The number of anilines is 1. The van der Waals surface area contributed by atoms with Crippen LogP contribution < -0.4 is 5.32 Å². The Kier molecular flexibility index (Phi) is 5.00. The van der Waals surface area contributed by atoms with Crippen molar-refractivity contribution in [2.75, 3.05) is 11.9 Å². The quantitative estimate of drug-likeness (QED) is 0.655. The van der Waals surface area contributed by atoms with Gasteiger partial charge in [-0.25, -0.2) is 14.1 Å². The zero-order chi connectivity index (χ0) is 19.8. The number of hydrogen-bond donors (Lipinski definition) is 1. The van der Waals surface area contributed by atoms with E-state index in [-0.39, 0.29) is 23.5 Å². The van der Waals surface area contributed by atoms with Crippen LogP contribution in [0, 0.1) is 5.82 Å². The second kappa shape index (κ2) is 7.10. The Morgan fingerprint density at radius 1 is 1.30 bits per heavy atom. The Balaban J connectivity index is 1.91. The largest absolute Gasteiger partial charge is 0.408 e. The van der Waals surface area contributed by atoms with E-state index in [9.17, 15) is 17.6 Å². The fourth-order valence-electron chi connectivity index (χ4n) is 2.34. The first kappa shape index (κ1) is 19.0. The van der Waals surface area contributed by atoms with Crippen LogP contribution in [0.5, 0.6) is 0 Å². The molecule has 1 N–H and O–H groups in total. The summed E-state index contributed by atoms with van der Waals surface area (Å²) in [5.74, 6) is -1.17. The molecular weight excluding hydrogens is 370 g/mol. The van der Waals surface area contributed by atoms with Gasteiger partial charge in [-0.2, -0.15) is 27.8 Å². The van der Waals surface area contributed by atoms with Gasteiger partial charge in [0.05, 0.1) is 6.20 Å². The van der Waals surface area contributed by atoms with Gasteiger partial charge in [-0.05, 0) is 20.8 Å². The first-order valence-electron chi connectivity index (χ1n) is 8.11. The Labute approximate surface area is 151 Å². The number of fused-ring (bicyclic) bond motifs is 1. The van der Waals surface area contributed by atoms with Crippen LogP contribution in [0.3, 0.4) is 0 Å². The van der Waals surface area contributed by atoms with Gasteiger partial charge in [0.25, 0.3) is 0 Å². The van der Waals surface area contributed by atoms with E-state index in [1.165, 1.54) is 17.2 Å². The van der Waals surface area contributed by atoms with Gasteiger partial charge in [0.15, 0.2) is 11.5 Å². The number of rotatable bonds is 6. The Hall–Kier alpha value is -2.76. The minimum atomic E-state index is -4.48. The van der Waals surface area contributed by atoms with E-state index in [0.29, 0.717) is 12.2 Å². The summed E-state index contributed by atoms with van der Waals surface area (Å²) in [5.41, 5.74) is 0.0884. The third-order valence-corrected chi connectivity index (χ3v) is 3.82. The predicted molar refractivity (Wildman–Crippen MR) is 87.4 cm³/mol. The molecule has 27 heavy (non-hydrogen) atoms. The summed E-state index contributed by atoms with van der Waals surface area (Å²) in [4.78, 5) is 7.77. The average molecular weight is 387 g/mol. The topological polar surface area (TPSA) is 82.2 Å². The molecule has 0 saturated heterocycles. The van der Waals surface area contributed by atoms with Crippen molar-refractivity contribution in [3.05, 3.63) is 24.5 Å². The summed E-state index contributed by atoms with van der Waals surface area (Å²) < 4.78 is 60.6. The molecule has 0 aliphatic carbocycles. The van der Waals surface area contributed by atoms with Gasteiger partial charge in [0, 0.05) is 18.4 Å². The van der Waals surface area contributed by atoms with Crippen molar-refractivity contribution < 1.29 is 22.3 Å². The van der Waals surface area contributed by atoms with E-state index < -0.39 is 18.0 Å². The van der Waals surface area contributed by atoms with Crippen LogP contribution in [-0.2, 0) is 4.74 Å². The molecule has 0 bridgehead atoms. The molecule has 1 unspecified atom stereocenters. The second-order valence-corrected chi connectivity index (χ2v) is 5.78. The average Bonchev–Trinajstić information content (AvgIpc) is 3.22. The summed E-state index contributed by atoms with van der Waals surface area (Å²) in [6.07, 6.45) is -0.677. The fourth-order valence-corrected chi connectivity index (χ4v) is 2.34. The molecule has 0 saturated carbocycles. The van der Waals surface area contributed by atoms with Gasteiger partial charge in [-0.15, -0.1) is 5.10 Å². The van der Waals surface area contributed by atoms with E-state index in [0.717, 1.165) is 11.4 Å². The lowest BCUT2D eigenvalue weighted by molar-refractivity contribution is -0.138. The number of nitrogens with zero attached hydrogens (tertiary/aromatic N) is 6. The highest BCUT2D eigenvalue weighted by atomic mass is 19.4. The first-order chi connectivity index (χ1) is 12.7. The van der Waals surface area contributed by atoms with Crippen LogP contribution in [0.15, 0.2) is 18.7 Å². The zero-order valence-electron chi connectivity index (χ0n) is 14.7. The summed E-state index contributed by atoms with van der Waals surface area (Å²) in [7, 11) is 0. The van der Waals surface area contributed by atoms with E-state index >= 15 is 0 Å². The van der Waals surface area contributed by atoms with Crippen molar-refractivity contribution in [2.45, 2.75) is 39.2 Å². The van der Waals surface area contributed by atoms with E-state index in [4.69, 9.17) is 4.74 Å². The molecule has 0 fully saturated rings. The summed E-state index contributed by atoms with van der Waals surface area (Å²) in [5, 5.41) is 9.97. The minimum Gasteiger partial charge on any atom is -0.357 e. The van der Waals surface area contributed by atoms with Crippen molar-refractivity contribution in [1.82, 2.24) is 29.4 Å². The van der Waals surface area contributed by atoms with Crippen LogP contribution in [0.25, 0.3) is 16.9 Å². The lowest BCUT2D eigenvalue weighted by atomic mass is 10.2. The maximum atomic E-state index is 14.8. The van der Waals surface area contributed by atoms with Gasteiger partial charge in [-0.3, -0.25) is 0 Å². The Bertz CT molecular complexity index is 936. The van der Waals surface area contributed by atoms with Crippen molar-refractivity contribution in [2.24, 2.45) is 0 Å². The molecular formula is C15H17F4N7O. The molecule has 2 atom stereocenters. The molecule has 0 radical (unpaired) electrons. The zero-order valence-corrected chi connectivity index (χ0v) is 14.7. The van der Waals surface area contributed by atoms with Crippen molar-refractivity contribution in [3.63, 3.8) is 0 Å². The molecule has 146 valence electrons. The minimum absolute atomic E-state index is 0.0414. The maximum absolute atomic E-state index is 14.8. The third kappa shape index (κ3) is 3.84. The van der Waals surface area contributed by atoms with Crippen LogP contribution in [-0.4, -0.2) is 48.2 Å². The van der Waals surface area contributed by atoms with Crippen LogP contribution >= 0.6 is 0 Å². The molecule has 0 aliphatic rings. The number of hydrogen-bond acceptors (Lipinski definition) is 6. The monoisotopic (exact) mass is 387 g/mol. The van der Waals surface area contributed by atoms with Gasteiger partial charge in [0.2, 0.25) is 5.95 Å². The molecule has 0 aliphatic heterocycles. The van der Waals surface area contributed by atoms with Gasteiger partial charge in [-0.1, -0.05) is 0 Å². The molecule has 0 spiro atoms. The maximum Gasteiger partial charge on any atom is 0.408 e. The Morgan fingerprint density at radius 3 is 2.70 bits per heavy atom. The number of alkyl halides is 3. The number of aromatic nitrogens is 6. The summed E-state index contributed by atoms with van der Waals surface area (Å²) in [6.45, 7) is 5.03. The second-order valence-electron chi connectivity index (χ2n) is 5.78. The Morgan fingerprint density at radius 2 is 2.04 bits per heavy atom. The number of halogens is 4. The lowest BCUT2D eigenvalue weighted by Gasteiger charge is -2.15. The molecule has 0 aromatic carbocycles. The lowest BCUT2D eigenvalue weighted by Crippen LogP contribution is -2.33. The molecule has 3 aromatic heterocycles. The molecule has 3 aromatic rings. The van der Waals surface area contributed by atoms with E-state index in [1.807, 2.05) is 6.92 Å². The number of nitrogens with one attached hydrogen (secondary N) is 1. The molecule has 12 heteroatoms. The molecule has 0 amide bonds. The summed E-state index contributed by atoms with van der Waals surface area (Å²) in [6, 6.07) is -1.89. The van der Waals surface area contributed by atoms with Gasteiger partial charge in [0.1, 0.15) is 24.3 Å². The van der Waals surface area contributed by atoms with E-state index in [2.05, 4.69) is 25.5 Å². The van der Waals surface area contributed by atoms with E-state index in [1.54, 1.807) is 13.1 Å². The fraction of sp³-hybridized carbons (Fsp3) is 0.467. The van der Waals surface area contributed by atoms with Crippen molar-refractivity contribution in [1.29, 1.82) is 0 Å². The molecule has 3 heterocycles. The van der Waals surface area contributed by atoms with Crippen LogP contribution in [0.2, 0.25) is 0 Å². The highest BCUT2D eigenvalue weighted by Gasteiger charge is 2.36. The van der Waals surface area contributed by atoms with Crippen LogP contribution in [0.1, 0.15) is 27.0 Å². The SMILES string of the molecule is CCOC(C)n1cc(-c2ncn3nc(N[C@@H](C)C(F)(F)F)nc3c2F)cn1. The highest BCUT2D eigenvalue weighted by molar-refractivity contribution is 5.63.